The van der Waals surface area contributed by atoms with Crippen LogP contribution in [-0.2, 0) is 4.79 Å². The van der Waals surface area contributed by atoms with E-state index in [1.54, 1.807) is 0 Å². The van der Waals surface area contributed by atoms with Crippen molar-refractivity contribution < 1.29 is 9.90 Å². The van der Waals surface area contributed by atoms with Crippen molar-refractivity contribution >= 4 is 5.78 Å². The standard InChI is InChI=1S/C20H28O2/c1-13-14-5-6-16-19(3)9-4-8-18(2,12-21)15(19)7-10-20(16,11-14)17(13)22/h6,14-15,21H,1,4-5,7-12H2,2-3H3/t14-,15-,18-,19-,20-/m1/s1. The van der Waals surface area contributed by atoms with Crippen LogP contribution < -0.4 is 0 Å². The lowest BCUT2D eigenvalue weighted by atomic mass is 9.44. The fraction of sp³-hybridized carbons (Fsp3) is 0.750. The van der Waals surface area contributed by atoms with Crippen molar-refractivity contribution in [1.82, 2.24) is 0 Å². The number of allylic oxidation sites excluding steroid dienone is 3. The average Bonchev–Trinajstić information content (AvgIpc) is 2.68. The van der Waals surface area contributed by atoms with Crippen LogP contribution in [0.4, 0.5) is 0 Å². The summed E-state index contributed by atoms with van der Waals surface area (Å²) in [7, 11) is 0. The molecule has 2 nitrogen and oxygen atoms in total. The summed E-state index contributed by atoms with van der Waals surface area (Å²) in [6.07, 6.45) is 9.92. The first-order chi connectivity index (χ1) is 10.4. The highest BCUT2D eigenvalue weighted by Gasteiger charge is 2.63. The summed E-state index contributed by atoms with van der Waals surface area (Å²) in [6, 6.07) is 0. The lowest BCUT2D eigenvalue weighted by molar-refractivity contribution is -0.127. The van der Waals surface area contributed by atoms with Crippen LogP contribution in [0.15, 0.2) is 23.8 Å². The van der Waals surface area contributed by atoms with E-state index in [1.165, 1.54) is 12.0 Å². The maximum atomic E-state index is 13.0. The molecule has 0 saturated heterocycles. The summed E-state index contributed by atoms with van der Waals surface area (Å²) in [5.41, 5.74) is 2.20. The Bertz CT molecular complexity index is 589. The maximum absolute atomic E-state index is 13.0. The van der Waals surface area contributed by atoms with Gasteiger partial charge >= 0.3 is 0 Å². The van der Waals surface area contributed by atoms with Gasteiger partial charge in [-0.05, 0) is 66.8 Å². The first kappa shape index (κ1) is 14.7. The van der Waals surface area contributed by atoms with Gasteiger partial charge in [-0.1, -0.05) is 38.5 Å². The first-order valence-corrected chi connectivity index (χ1v) is 8.93. The first-order valence-electron chi connectivity index (χ1n) is 8.93. The Morgan fingerprint density at radius 1 is 1.32 bits per heavy atom. The number of ketones is 1. The van der Waals surface area contributed by atoms with Crippen LogP contribution >= 0.6 is 0 Å². The fourth-order valence-corrected chi connectivity index (χ4v) is 6.72. The fourth-order valence-electron chi connectivity index (χ4n) is 6.72. The highest BCUT2D eigenvalue weighted by Crippen LogP contribution is 2.69. The van der Waals surface area contributed by atoms with Crippen molar-refractivity contribution in [3.05, 3.63) is 23.8 Å². The molecule has 0 aromatic carbocycles. The van der Waals surface area contributed by atoms with E-state index in [4.69, 9.17) is 0 Å². The number of aliphatic hydroxyl groups is 1. The van der Waals surface area contributed by atoms with Gasteiger partial charge in [0.05, 0.1) is 5.41 Å². The number of rotatable bonds is 1. The van der Waals surface area contributed by atoms with Gasteiger partial charge in [0.1, 0.15) is 0 Å². The Morgan fingerprint density at radius 3 is 2.82 bits per heavy atom. The summed E-state index contributed by atoms with van der Waals surface area (Å²) in [4.78, 5) is 13.0. The summed E-state index contributed by atoms with van der Waals surface area (Å²) >= 11 is 0. The van der Waals surface area contributed by atoms with Gasteiger partial charge < -0.3 is 5.11 Å². The van der Waals surface area contributed by atoms with E-state index in [1.807, 2.05) is 0 Å². The molecule has 1 spiro atoms. The largest absolute Gasteiger partial charge is 0.396 e. The summed E-state index contributed by atoms with van der Waals surface area (Å²) in [5, 5.41) is 10.0. The molecular weight excluding hydrogens is 272 g/mol. The molecule has 0 heterocycles. The molecule has 0 aromatic heterocycles. The van der Waals surface area contributed by atoms with E-state index in [2.05, 4.69) is 26.5 Å². The Morgan fingerprint density at radius 2 is 2.09 bits per heavy atom. The van der Waals surface area contributed by atoms with Crippen molar-refractivity contribution in [2.24, 2.45) is 28.1 Å². The van der Waals surface area contributed by atoms with Gasteiger partial charge in [-0.15, -0.1) is 0 Å². The van der Waals surface area contributed by atoms with E-state index in [-0.39, 0.29) is 22.9 Å². The number of hydrogen-bond acceptors (Lipinski definition) is 2. The molecule has 4 aliphatic carbocycles. The molecule has 5 atom stereocenters. The molecule has 2 bridgehead atoms. The highest BCUT2D eigenvalue weighted by molar-refractivity contribution is 6.05. The zero-order valence-electron chi connectivity index (χ0n) is 14.0. The molecule has 22 heavy (non-hydrogen) atoms. The summed E-state index contributed by atoms with van der Waals surface area (Å²) in [5.74, 6) is 1.25. The third-order valence-electron chi connectivity index (χ3n) is 7.83. The van der Waals surface area contributed by atoms with Gasteiger partial charge in [-0.25, -0.2) is 0 Å². The minimum atomic E-state index is -0.223. The Hall–Kier alpha value is -0.890. The lowest BCUT2D eigenvalue weighted by Crippen LogP contribution is -2.54. The number of aliphatic hydroxyl groups excluding tert-OH is 1. The second kappa shape index (κ2) is 4.35. The number of hydrogen-bond donors (Lipinski definition) is 1. The molecule has 0 amide bonds. The van der Waals surface area contributed by atoms with Crippen LogP contribution in [0.2, 0.25) is 0 Å². The van der Waals surface area contributed by atoms with E-state index in [9.17, 15) is 9.90 Å². The zero-order valence-corrected chi connectivity index (χ0v) is 14.0. The topological polar surface area (TPSA) is 37.3 Å². The van der Waals surface area contributed by atoms with Crippen molar-refractivity contribution in [3.63, 3.8) is 0 Å². The molecule has 2 heteroatoms. The van der Waals surface area contributed by atoms with Crippen LogP contribution in [-0.4, -0.2) is 17.5 Å². The Balaban J connectivity index is 1.83. The third-order valence-corrected chi connectivity index (χ3v) is 7.83. The smallest absolute Gasteiger partial charge is 0.168 e. The highest BCUT2D eigenvalue weighted by atomic mass is 16.3. The Kier molecular flexibility index (Phi) is 2.90. The molecule has 0 radical (unpaired) electrons. The van der Waals surface area contributed by atoms with Crippen LogP contribution in [0.3, 0.4) is 0 Å². The normalized spacial score (nSPS) is 50.4. The molecule has 0 aliphatic heterocycles. The Labute approximate surface area is 133 Å². The van der Waals surface area contributed by atoms with Gasteiger partial charge in [-0.2, -0.15) is 0 Å². The van der Waals surface area contributed by atoms with Gasteiger partial charge in [0.15, 0.2) is 5.78 Å². The monoisotopic (exact) mass is 300 g/mol. The second-order valence-electron chi connectivity index (χ2n) is 8.87. The van der Waals surface area contributed by atoms with Crippen molar-refractivity contribution in [2.75, 3.05) is 6.61 Å². The van der Waals surface area contributed by atoms with Gasteiger partial charge in [-0.3, -0.25) is 4.79 Å². The van der Waals surface area contributed by atoms with Gasteiger partial charge in [0.2, 0.25) is 0 Å². The number of carbonyl (C=O) groups excluding carboxylic acids is 1. The molecule has 3 saturated carbocycles. The van der Waals surface area contributed by atoms with Crippen molar-refractivity contribution in [3.8, 4) is 0 Å². The van der Waals surface area contributed by atoms with E-state index < -0.39 is 0 Å². The van der Waals surface area contributed by atoms with Crippen LogP contribution in [0, 0.1) is 28.1 Å². The summed E-state index contributed by atoms with van der Waals surface area (Å²) < 4.78 is 0. The summed E-state index contributed by atoms with van der Waals surface area (Å²) in [6.45, 7) is 9.03. The zero-order chi connectivity index (χ0) is 15.8. The van der Waals surface area contributed by atoms with E-state index >= 15 is 0 Å². The quantitative estimate of drug-likeness (QED) is 0.586. The van der Waals surface area contributed by atoms with Crippen molar-refractivity contribution in [1.29, 1.82) is 0 Å². The second-order valence-corrected chi connectivity index (χ2v) is 8.87. The molecule has 4 rings (SSSR count). The molecule has 4 aliphatic rings. The maximum Gasteiger partial charge on any atom is 0.168 e. The predicted molar refractivity (Wildman–Crippen MR) is 87.3 cm³/mol. The minimum absolute atomic E-state index is 0.0188. The van der Waals surface area contributed by atoms with Crippen LogP contribution in [0.5, 0.6) is 0 Å². The van der Waals surface area contributed by atoms with E-state index in [0.717, 1.165) is 44.1 Å². The van der Waals surface area contributed by atoms with Crippen molar-refractivity contribution in [2.45, 2.75) is 58.8 Å². The molecule has 120 valence electrons. The molecule has 0 aromatic rings. The SMILES string of the molecule is C=C1C(=O)[C@@]23CC[C@@H]4[C@@](C)(CO)CCC[C@@]4(C)C2=CC[C@@H]1C3. The molecule has 1 N–H and O–H groups in total. The number of Topliss-reactive ketones (excluding diaryl/α,β-unsaturated/α-hetero) is 1. The average molecular weight is 300 g/mol. The lowest BCUT2D eigenvalue weighted by Gasteiger charge is -2.60. The minimum Gasteiger partial charge on any atom is -0.396 e. The van der Waals surface area contributed by atoms with E-state index in [0.29, 0.717) is 17.6 Å². The van der Waals surface area contributed by atoms with Gasteiger partial charge in [0.25, 0.3) is 0 Å². The third kappa shape index (κ3) is 1.52. The number of fused-ring (bicyclic) bond motifs is 3. The van der Waals surface area contributed by atoms with Gasteiger partial charge in [0, 0.05) is 6.61 Å². The molecule has 0 unspecified atom stereocenters. The van der Waals surface area contributed by atoms with Crippen LogP contribution in [0.1, 0.15) is 58.8 Å². The predicted octanol–water partition coefficient (Wildman–Crippen LogP) is 4.05. The molecule has 3 fully saturated rings. The molecular formula is C20H28O2. The van der Waals surface area contributed by atoms with Crippen LogP contribution in [0.25, 0.3) is 0 Å². The number of carbonyl (C=O) groups is 1.